The van der Waals surface area contributed by atoms with Gasteiger partial charge in [0.1, 0.15) is 17.7 Å². The molecule has 2 aromatic carbocycles. The number of anilines is 1. The van der Waals surface area contributed by atoms with Crippen LogP contribution in [0.2, 0.25) is 10.0 Å². The Morgan fingerprint density at radius 3 is 2.74 bits per heavy atom. The number of aliphatic carboxylic acids is 1. The van der Waals surface area contributed by atoms with Crippen LogP contribution in [0.3, 0.4) is 0 Å². The van der Waals surface area contributed by atoms with Gasteiger partial charge in [-0.2, -0.15) is 0 Å². The van der Waals surface area contributed by atoms with Crippen molar-refractivity contribution in [2.24, 2.45) is 0 Å². The molecule has 0 saturated carbocycles. The van der Waals surface area contributed by atoms with Gasteiger partial charge in [-0.1, -0.05) is 41.4 Å². The zero-order chi connectivity index (χ0) is 28.3. The first kappa shape index (κ1) is 28.7. The smallest absolute Gasteiger partial charge is 0.303 e. The minimum atomic E-state index is -4.30. The van der Waals surface area contributed by atoms with Crippen LogP contribution in [0.25, 0.3) is 11.6 Å². The number of sulfonamides is 1. The molecule has 0 aliphatic carbocycles. The van der Waals surface area contributed by atoms with Gasteiger partial charge in [0.2, 0.25) is 5.88 Å². The van der Waals surface area contributed by atoms with Crippen molar-refractivity contribution >= 4 is 56.5 Å². The quantitative estimate of drug-likeness (QED) is 0.289. The van der Waals surface area contributed by atoms with Gasteiger partial charge in [-0.05, 0) is 61.7 Å². The van der Waals surface area contributed by atoms with E-state index in [1.54, 1.807) is 44.2 Å². The zero-order valence-corrected chi connectivity index (χ0v) is 23.4. The van der Waals surface area contributed by atoms with E-state index in [-0.39, 0.29) is 63.8 Å². The van der Waals surface area contributed by atoms with Crippen LogP contribution in [0.5, 0.6) is 11.6 Å². The second kappa shape index (κ2) is 11.8. The van der Waals surface area contributed by atoms with Crippen LogP contribution in [0.4, 0.5) is 10.1 Å². The lowest BCUT2D eigenvalue weighted by Crippen LogP contribution is -2.44. The number of hydrogen-bond donors (Lipinski definition) is 1. The summed E-state index contributed by atoms with van der Waals surface area (Å²) in [5, 5.41) is 9.50. The van der Waals surface area contributed by atoms with Gasteiger partial charge in [0.25, 0.3) is 10.0 Å². The van der Waals surface area contributed by atoms with Crippen molar-refractivity contribution in [1.29, 1.82) is 0 Å². The van der Waals surface area contributed by atoms with Gasteiger partial charge in [-0.15, -0.1) is 0 Å². The number of nitrogens with zero attached hydrogens (tertiary/aromatic N) is 2. The molecule has 4 rings (SSSR count). The maximum absolute atomic E-state index is 14.5. The Morgan fingerprint density at radius 2 is 2.05 bits per heavy atom. The third-order valence-electron chi connectivity index (χ3n) is 5.97. The van der Waals surface area contributed by atoms with Crippen molar-refractivity contribution in [2.45, 2.75) is 37.7 Å². The Morgan fingerprint density at radius 1 is 1.28 bits per heavy atom. The molecule has 0 fully saturated rings. The number of hydrogen-bond acceptors (Lipinski definition) is 6. The molecule has 39 heavy (non-hydrogen) atoms. The van der Waals surface area contributed by atoms with E-state index >= 15 is 0 Å². The lowest BCUT2D eigenvalue weighted by molar-refractivity contribution is -0.137. The number of ether oxygens (including phenoxy) is 2. The molecule has 1 aliphatic rings. The summed E-state index contributed by atoms with van der Waals surface area (Å²) in [6.45, 7) is 3.40. The number of halogens is 3. The number of rotatable bonds is 9. The number of carboxylic acid groups (broad SMARTS) is 1. The van der Waals surface area contributed by atoms with Crippen molar-refractivity contribution in [3.8, 4) is 11.6 Å². The molecule has 1 N–H and O–H groups in total. The summed E-state index contributed by atoms with van der Waals surface area (Å²) in [5.74, 6) is -1.39. The number of benzene rings is 2. The van der Waals surface area contributed by atoms with Gasteiger partial charge >= 0.3 is 5.97 Å². The van der Waals surface area contributed by atoms with E-state index in [2.05, 4.69) is 4.98 Å². The molecule has 0 spiro atoms. The standard InChI is InChI=1S/C27H25Cl2FN2O6S/c1-3-37-27-24(13-18(28)14-31-27)39(35,36)32-15-19(8-10-25(33)34)38-23-9-7-17(12-22(23)32)11-16(2)26-20(29)5-4-6-21(26)30/h4-7,9,11-14,19H,3,8,10,15H2,1-2H3,(H,33,34). The predicted molar refractivity (Wildman–Crippen MR) is 148 cm³/mol. The number of fused-ring (bicyclic) bond motifs is 1. The summed E-state index contributed by atoms with van der Waals surface area (Å²) in [5.41, 5.74) is 1.54. The summed E-state index contributed by atoms with van der Waals surface area (Å²) in [6, 6.07) is 10.5. The molecule has 0 bridgehead atoms. The molecule has 0 amide bonds. The number of carbonyl (C=O) groups is 1. The van der Waals surface area contributed by atoms with Crippen molar-refractivity contribution in [2.75, 3.05) is 17.5 Å². The van der Waals surface area contributed by atoms with Crippen molar-refractivity contribution in [3.05, 3.63) is 75.7 Å². The Hall–Kier alpha value is -3.34. The summed E-state index contributed by atoms with van der Waals surface area (Å²) >= 11 is 12.3. The number of pyridine rings is 1. The number of aromatic nitrogens is 1. The Kier molecular flexibility index (Phi) is 8.68. The molecule has 0 saturated heterocycles. The molecule has 1 aliphatic heterocycles. The van der Waals surface area contributed by atoms with E-state index in [9.17, 15) is 17.6 Å². The molecule has 206 valence electrons. The number of allylic oxidation sites excluding steroid dienone is 1. The number of carboxylic acids is 1. The van der Waals surface area contributed by atoms with Gasteiger partial charge in [0.15, 0.2) is 4.90 Å². The van der Waals surface area contributed by atoms with Gasteiger partial charge in [-0.25, -0.2) is 17.8 Å². The van der Waals surface area contributed by atoms with Gasteiger partial charge in [0.05, 0.1) is 28.9 Å². The highest BCUT2D eigenvalue weighted by Gasteiger charge is 2.37. The summed E-state index contributed by atoms with van der Waals surface area (Å²) < 4.78 is 55.1. The molecule has 2 heterocycles. The fraction of sp³-hybridized carbons (Fsp3) is 0.259. The van der Waals surface area contributed by atoms with Crippen LogP contribution in [-0.2, 0) is 14.8 Å². The van der Waals surface area contributed by atoms with Gasteiger partial charge < -0.3 is 14.6 Å². The maximum Gasteiger partial charge on any atom is 0.303 e. The SMILES string of the molecule is CCOc1ncc(Cl)cc1S(=O)(=O)N1CC(CCC(=O)O)Oc2ccc(C=C(C)c3c(F)cccc3Cl)cc21. The second-order valence-corrected chi connectivity index (χ2v) is 11.4. The topological polar surface area (TPSA) is 106 Å². The molecular formula is C27H25Cl2FN2O6S. The molecular weight excluding hydrogens is 570 g/mol. The largest absolute Gasteiger partial charge is 0.486 e. The normalized spacial score (nSPS) is 15.5. The van der Waals surface area contributed by atoms with Crippen molar-refractivity contribution in [3.63, 3.8) is 0 Å². The fourth-order valence-electron chi connectivity index (χ4n) is 4.23. The van der Waals surface area contributed by atoms with E-state index in [0.29, 0.717) is 11.1 Å². The lowest BCUT2D eigenvalue weighted by Gasteiger charge is -2.35. The highest BCUT2D eigenvalue weighted by molar-refractivity contribution is 7.93. The zero-order valence-electron chi connectivity index (χ0n) is 21.0. The summed E-state index contributed by atoms with van der Waals surface area (Å²) in [6.07, 6.45) is 2.11. The van der Waals surface area contributed by atoms with Crippen LogP contribution in [0.1, 0.15) is 37.8 Å². The molecule has 0 radical (unpaired) electrons. The lowest BCUT2D eigenvalue weighted by atomic mass is 10.0. The van der Waals surface area contributed by atoms with E-state index in [4.69, 9.17) is 37.8 Å². The molecule has 8 nitrogen and oxygen atoms in total. The Labute approximate surface area is 235 Å². The average Bonchev–Trinajstić information content (AvgIpc) is 2.88. The van der Waals surface area contributed by atoms with Gasteiger partial charge in [-0.3, -0.25) is 9.10 Å². The predicted octanol–water partition coefficient (Wildman–Crippen LogP) is 6.31. The highest BCUT2D eigenvalue weighted by atomic mass is 35.5. The van der Waals surface area contributed by atoms with Crippen molar-refractivity contribution in [1.82, 2.24) is 4.98 Å². The first-order valence-corrected chi connectivity index (χ1v) is 14.2. The third-order valence-corrected chi connectivity index (χ3v) is 8.27. The minimum Gasteiger partial charge on any atom is -0.486 e. The van der Waals surface area contributed by atoms with Crippen LogP contribution in [0.15, 0.2) is 53.6 Å². The Bertz CT molecular complexity index is 1530. The van der Waals surface area contributed by atoms with E-state index in [1.807, 2.05) is 0 Å². The van der Waals surface area contributed by atoms with E-state index < -0.39 is 27.9 Å². The maximum atomic E-state index is 14.5. The minimum absolute atomic E-state index is 0.0828. The summed E-state index contributed by atoms with van der Waals surface area (Å²) in [4.78, 5) is 15.0. The van der Waals surface area contributed by atoms with Crippen LogP contribution in [-0.4, -0.2) is 43.7 Å². The highest BCUT2D eigenvalue weighted by Crippen LogP contribution is 2.41. The summed E-state index contributed by atoms with van der Waals surface area (Å²) in [7, 11) is -4.30. The van der Waals surface area contributed by atoms with E-state index in [0.717, 1.165) is 4.31 Å². The average molecular weight is 595 g/mol. The van der Waals surface area contributed by atoms with Gasteiger partial charge in [0, 0.05) is 18.2 Å². The molecule has 1 atom stereocenters. The van der Waals surface area contributed by atoms with E-state index in [1.165, 1.54) is 24.4 Å². The Balaban J connectivity index is 1.82. The first-order valence-electron chi connectivity index (χ1n) is 12.0. The molecule has 3 aromatic rings. The van der Waals surface area contributed by atoms with Crippen LogP contribution < -0.4 is 13.8 Å². The van der Waals surface area contributed by atoms with Crippen molar-refractivity contribution < 1.29 is 32.2 Å². The first-order chi connectivity index (χ1) is 18.5. The molecule has 12 heteroatoms. The molecule has 1 aromatic heterocycles. The monoisotopic (exact) mass is 594 g/mol. The third kappa shape index (κ3) is 6.29. The molecule has 1 unspecified atom stereocenters. The van der Waals surface area contributed by atoms with Crippen LogP contribution in [0, 0.1) is 5.82 Å². The van der Waals surface area contributed by atoms with Crippen LogP contribution >= 0.6 is 23.2 Å². The second-order valence-electron chi connectivity index (χ2n) is 8.75. The fourth-order valence-corrected chi connectivity index (χ4v) is 6.38.